The molecule has 0 amide bonds. The summed E-state index contributed by atoms with van der Waals surface area (Å²) in [7, 11) is 1.66. The molecule has 0 spiro atoms. The first kappa shape index (κ1) is 10.9. The highest BCUT2D eigenvalue weighted by atomic mass is 16.5. The van der Waals surface area contributed by atoms with Gasteiger partial charge in [0.1, 0.15) is 0 Å². The van der Waals surface area contributed by atoms with Crippen LogP contribution in [0.1, 0.15) is 19.4 Å². The van der Waals surface area contributed by atoms with E-state index >= 15 is 0 Å². The van der Waals surface area contributed by atoms with Gasteiger partial charge in [0.25, 0.3) is 0 Å². The molecule has 0 heterocycles. The summed E-state index contributed by atoms with van der Waals surface area (Å²) in [5, 5.41) is 0. The van der Waals surface area contributed by atoms with Crippen molar-refractivity contribution in [3.63, 3.8) is 0 Å². The molecule has 0 aliphatic carbocycles. The van der Waals surface area contributed by atoms with E-state index in [2.05, 4.69) is 13.8 Å². The van der Waals surface area contributed by atoms with Crippen LogP contribution in [-0.2, 0) is 0 Å². The Balaban J connectivity index is 2.75. The van der Waals surface area contributed by atoms with Gasteiger partial charge in [-0.25, -0.2) is 0 Å². The van der Waals surface area contributed by atoms with Crippen LogP contribution in [0.5, 0.6) is 11.5 Å². The molecule has 0 saturated heterocycles. The molecule has 0 bridgehead atoms. The molecule has 0 radical (unpaired) electrons. The summed E-state index contributed by atoms with van der Waals surface area (Å²) in [6.45, 7) is 7.01. The predicted octanol–water partition coefficient (Wildman–Crippen LogP) is 3.04. The molecular weight excluding hydrogens is 176 g/mol. The molecule has 0 atom stereocenters. The van der Waals surface area contributed by atoms with Crippen LogP contribution in [0.4, 0.5) is 0 Å². The van der Waals surface area contributed by atoms with Gasteiger partial charge in [0.15, 0.2) is 11.5 Å². The fourth-order valence-electron chi connectivity index (χ4n) is 1.15. The standard InChI is InChI=1S/C12H18O2/c1-9(2)8-14-11-6-5-10(3)7-12(11)13-4/h5-7,9H,8H2,1-4H3. The van der Waals surface area contributed by atoms with Gasteiger partial charge in [0, 0.05) is 0 Å². The SMILES string of the molecule is COc1cc(C)ccc1OCC(C)C. The van der Waals surface area contributed by atoms with Crippen LogP contribution in [0.25, 0.3) is 0 Å². The highest BCUT2D eigenvalue weighted by Crippen LogP contribution is 2.27. The molecular formula is C12H18O2. The Morgan fingerprint density at radius 3 is 2.50 bits per heavy atom. The van der Waals surface area contributed by atoms with Crippen molar-refractivity contribution >= 4 is 0 Å². The molecule has 1 aromatic rings. The number of ether oxygens (including phenoxy) is 2. The van der Waals surface area contributed by atoms with E-state index in [1.807, 2.05) is 25.1 Å². The van der Waals surface area contributed by atoms with E-state index in [0.717, 1.165) is 18.1 Å². The summed E-state index contributed by atoms with van der Waals surface area (Å²) in [6.07, 6.45) is 0. The second kappa shape index (κ2) is 4.89. The van der Waals surface area contributed by atoms with Crippen molar-refractivity contribution in [1.29, 1.82) is 0 Å². The maximum atomic E-state index is 5.62. The average molecular weight is 194 g/mol. The van der Waals surface area contributed by atoms with Crippen LogP contribution in [0.2, 0.25) is 0 Å². The van der Waals surface area contributed by atoms with Crippen molar-refractivity contribution in [2.24, 2.45) is 5.92 Å². The lowest BCUT2D eigenvalue weighted by molar-refractivity contribution is 0.257. The third kappa shape index (κ3) is 2.95. The third-order valence-corrected chi connectivity index (χ3v) is 1.89. The number of aryl methyl sites for hydroxylation is 1. The van der Waals surface area contributed by atoms with Gasteiger partial charge in [-0.3, -0.25) is 0 Å². The fourth-order valence-corrected chi connectivity index (χ4v) is 1.15. The number of hydrogen-bond donors (Lipinski definition) is 0. The van der Waals surface area contributed by atoms with Crippen molar-refractivity contribution in [3.05, 3.63) is 23.8 Å². The zero-order chi connectivity index (χ0) is 10.6. The van der Waals surface area contributed by atoms with Crippen molar-refractivity contribution in [2.45, 2.75) is 20.8 Å². The zero-order valence-corrected chi connectivity index (χ0v) is 9.33. The highest BCUT2D eigenvalue weighted by Gasteiger charge is 2.04. The first-order valence-electron chi connectivity index (χ1n) is 4.91. The first-order chi connectivity index (χ1) is 6.63. The van der Waals surface area contributed by atoms with Gasteiger partial charge in [0.2, 0.25) is 0 Å². The quantitative estimate of drug-likeness (QED) is 0.733. The molecule has 0 N–H and O–H groups in total. The van der Waals surface area contributed by atoms with Gasteiger partial charge in [-0.15, -0.1) is 0 Å². The zero-order valence-electron chi connectivity index (χ0n) is 9.33. The minimum absolute atomic E-state index is 0.529. The maximum absolute atomic E-state index is 5.62. The number of hydrogen-bond acceptors (Lipinski definition) is 2. The smallest absolute Gasteiger partial charge is 0.161 e. The fraction of sp³-hybridized carbons (Fsp3) is 0.500. The van der Waals surface area contributed by atoms with Gasteiger partial charge < -0.3 is 9.47 Å². The normalized spacial score (nSPS) is 10.4. The summed E-state index contributed by atoms with van der Waals surface area (Å²) >= 11 is 0. The minimum atomic E-state index is 0.529. The second-order valence-corrected chi connectivity index (χ2v) is 3.86. The average Bonchev–Trinajstić information content (AvgIpc) is 2.15. The van der Waals surface area contributed by atoms with Gasteiger partial charge in [0.05, 0.1) is 13.7 Å². The number of methoxy groups -OCH3 is 1. The van der Waals surface area contributed by atoms with E-state index in [-0.39, 0.29) is 0 Å². The molecule has 0 saturated carbocycles. The predicted molar refractivity (Wildman–Crippen MR) is 58.1 cm³/mol. The van der Waals surface area contributed by atoms with Crippen LogP contribution < -0.4 is 9.47 Å². The lowest BCUT2D eigenvalue weighted by Gasteiger charge is -2.12. The molecule has 0 fully saturated rings. The lowest BCUT2D eigenvalue weighted by atomic mass is 10.2. The highest BCUT2D eigenvalue weighted by molar-refractivity contribution is 5.42. The van der Waals surface area contributed by atoms with Crippen molar-refractivity contribution < 1.29 is 9.47 Å². The molecule has 2 heteroatoms. The van der Waals surface area contributed by atoms with Gasteiger partial charge >= 0.3 is 0 Å². The van der Waals surface area contributed by atoms with Gasteiger partial charge in [-0.05, 0) is 30.5 Å². The van der Waals surface area contributed by atoms with Crippen molar-refractivity contribution in [1.82, 2.24) is 0 Å². The minimum Gasteiger partial charge on any atom is -0.493 e. The molecule has 0 aromatic heterocycles. The van der Waals surface area contributed by atoms with Crippen LogP contribution in [0.3, 0.4) is 0 Å². The molecule has 2 nitrogen and oxygen atoms in total. The third-order valence-electron chi connectivity index (χ3n) is 1.89. The number of rotatable bonds is 4. The summed E-state index contributed by atoms with van der Waals surface area (Å²) in [6, 6.07) is 5.96. The van der Waals surface area contributed by atoms with Crippen molar-refractivity contribution in [3.8, 4) is 11.5 Å². The molecule has 0 unspecified atom stereocenters. The van der Waals surface area contributed by atoms with E-state index < -0.39 is 0 Å². The van der Waals surface area contributed by atoms with Gasteiger partial charge in [-0.2, -0.15) is 0 Å². The van der Waals surface area contributed by atoms with E-state index in [4.69, 9.17) is 9.47 Å². The van der Waals surface area contributed by atoms with E-state index in [1.165, 1.54) is 5.56 Å². The van der Waals surface area contributed by atoms with E-state index in [9.17, 15) is 0 Å². The number of benzene rings is 1. The van der Waals surface area contributed by atoms with Crippen LogP contribution in [-0.4, -0.2) is 13.7 Å². The Morgan fingerprint density at radius 2 is 1.93 bits per heavy atom. The van der Waals surface area contributed by atoms with Crippen LogP contribution in [0.15, 0.2) is 18.2 Å². The topological polar surface area (TPSA) is 18.5 Å². The summed E-state index contributed by atoms with van der Waals surface area (Å²) in [5.41, 5.74) is 1.18. The second-order valence-electron chi connectivity index (χ2n) is 3.86. The Labute approximate surface area is 85.8 Å². The van der Waals surface area contributed by atoms with Crippen molar-refractivity contribution in [2.75, 3.05) is 13.7 Å². The Kier molecular flexibility index (Phi) is 3.81. The monoisotopic (exact) mass is 194 g/mol. The van der Waals surface area contributed by atoms with E-state index in [1.54, 1.807) is 7.11 Å². The largest absolute Gasteiger partial charge is 0.493 e. The Morgan fingerprint density at radius 1 is 1.21 bits per heavy atom. The summed E-state index contributed by atoms with van der Waals surface area (Å²) in [4.78, 5) is 0. The molecule has 1 rings (SSSR count). The van der Waals surface area contributed by atoms with Crippen LogP contribution in [0, 0.1) is 12.8 Å². The Bertz CT molecular complexity index is 292. The molecule has 0 aliphatic heterocycles. The first-order valence-corrected chi connectivity index (χ1v) is 4.91. The van der Waals surface area contributed by atoms with Crippen LogP contribution >= 0.6 is 0 Å². The summed E-state index contributed by atoms with van der Waals surface area (Å²) < 4.78 is 10.9. The molecule has 0 aliphatic rings. The molecule has 78 valence electrons. The molecule has 1 aromatic carbocycles. The van der Waals surface area contributed by atoms with Gasteiger partial charge in [-0.1, -0.05) is 19.9 Å². The lowest BCUT2D eigenvalue weighted by Crippen LogP contribution is -2.05. The maximum Gasteiger partial charge on any atom is 0.161 e. The summed E-state index contributed by atoms with van der Waals surface area (Å²) in [5.74, 6) is 2.17. The Hall–Kier alpha value is -1.18. The molecule has 14 heavy (non-hydrogen) atoms. The van der Waals surface area contributed by atoms with E-state index in [0.29, 0.717) is 5.92 Å².